The predicted molar refractivity (Wildman–Crippen MR) is 64.8 cm³/mol. The number of aromatic carboxylic acids is 1. The molecule has 0 aliphatic carbocycles. The van der Waals surface area contributed by atoms with E-state index in [4.69, 9.17) is 9.84 Å². The van der Waals surface area contributed by atoms with Gasteiger partial charge in [-0.15, -0.1) is 0 Å². The molecule has 0 saturated heterocycles. The van der Waals surface area contributed by atoms with E-state index in [1.54, 1.807) is 6.07 Å². The van der Waals surface area contributed by atoms with Gasteiger partial charge in [-0.2, -0.15) is 5.10 Å². The second-order valence-corrected chi connectivity index (χ2v) is 4.39. The number of H-pyrrole nitrogens is 1. The van der Waals surface area contributed by atoms with Gasteiger partial charge in [0.1, 0.15) is 17.5 Å². The highest BCUT2D eigenvalue weighted by Crippen LogP contribution is 2.36. The number of aromatic nitrogens is 2. The molecule has 2 heterocycles. The Labute approximate surface area is 103 Å². The molecule has 1 atom stereocenters. The Kier molecular flexibility index (Phi) is 2.33. The highest BCUT2D eigenvalue weighted by molar-refractivity contribution is 5.87. The summed E-state index contributed by atoms with van der Waals surface area (Å²) in [4.78, 5) is 10.8. The topological polar surface area (TPSA) is 75.2 Å². The number of hydrogen-bond acceptors (Lipinski definition) is 3. The van der Waals surface area contributed by atoms with Gasteiger partial charge in [-0.1, -0.05) is 12.1 Å². The van der Waals surface area contributed by atoms with Crippen LogP contribution in [0, 0.1) is 0 Å². The van der Waals surface area contributed by atoms with E-state index in [1.165, 1.54) is 0 Å². The van der Waals surface area contributed by atoms with E-state index in [9.17, 15) is 4.79 Å². The van der Waals surface area contributed by atoms with Gasteiger partial charge in [0.05, 0.1) is 5.69 Å². The minimum atomic E-state index is -1.01. The van der Waals surface area contributed by atoms with Gasteiger partial charge in [0.2, 0.25) is 0 Å². The third-order valence-electron chi connectivity index (χ3n) is 3.04. The number of hydrogen-bond donors (Lipinski definition) is 2. The van der Waals surface area contributed by atoms with Crippen LogP contribution in [0.3, 0.4) is 0 Å². The zero-order valence-corrected chi connectivity index (χ0v) is 9.80. The van der Waals surface area contributed by atoms with E-state index >= 15 is 0 Å². The molecule has 1 aromatic carbocycles. The van der Waals surface area contributed by atoms with Gasteiger partial charge in [-0.05, 0) is 19.1 Å². The van der Waals surface area contributed by atoms with E-state index in [0.717, 1.165) is 23.3 Å². The molecule has 0 spiro atoms. The van der Waals surface area contributed by atoms with Crippen LogP contribution in [-0.2, 0) is 6.42 Å². The Morgan fingerprint density at radius 1 is 1.56 bits per heavy atom. The molecule has 0 bridgehead atoms. The maximum Gasteiger partial charge on any atom is 0.353 e. The van der Waals surface area contributed by atoms with Crippen molar-refractivity contribution >= 4 is 5.97 Å². The van der Waals surface area contributed by atoms with Crippen LogP contribution in [0.5, 0.6) is 5.75 Å². The number of carboxylic acid groups (broad SMARTS) is 1. The lowest BCUT2D eigenvalue weighted by Gasteiger charge is -2.03. The third kappa shape index (κ3) is 1.64. The summed E-state index contributed by atoms with van der Waals surface area (Å²) in [6.07, 6.45) is 0.972. The number of fused-ring (bicyclic) bond motifs is 1. The smallest absolute Gasteiger partial charge is 0.353 e. The van der Waals surface area contributed by atoms with Crippen molar-refractivity contribution in [3.8, 4) is 17.0 Å². The van der Waals surface area contributed by atoms with Crippen molar-refractivity contribution in [1.82, 2.24) is 10.2 Å². The fourth-order valence-electron chi connectivity index (χ4n) is 2.24. The lowest BCUT2D eigenvalue weighted by Crippen LogP contribution is -2.05. The van der Waals surface area contributed by atoms with Crippen molar-refractivity contribution in [3.63, 3.8) is 0 Å². The number of nitrogens with one attached hydrogen (secondary N) is 1. The van der Waals surface area contributed by atoms with Crippen LogP contribution in [0.25, 0.3) is 11.3 Å². The summed E-state index contributed by atoms with van der Waals surface area (Å²) in [6.45, 7) is 2.01. The summed E-state index contributed by atoms with van der Waals surface area (Å²) in [5.41, 5.74) is 2.76. The Bertz CT molecular complexity index is 618. The number of carboxylic acids is 1. The summed E-state index contributed by atoms with van der Waals surface area (Å²) in [5, 5.41) is 15.4. The van der Waals surface area contributed by atoms with Gasteiger partial charge in [0.25, 0.3) is 0 Å². The predicted octanol–water partition coefficient (Wildman–Crippen LogP) is 2.10. The quantitative estimate of drug-likeness (QED) is 0.848. The van der Waals surface area contributed by atoms with Gasteiger partial charge in [0.15, 0.2) is 0 Å². The molecule has 92 valence electrons. The third-order valence-corrected chi connectivity index (χ3v) is 3.04. The largest absolute Gasteiger partial charge is 0.490 e. The molecule has 0 saturated carbocycles. The van der Waals surface area contributed by atoms with Crippen LogP contribution in [0.4, 0.5) is 0 Å². The van der Waals surface area contributed by atoms with Gasteiger partial charge in [-0.3, -0.25) is 5.10 Å². The fourth-order valence-corrected chi connectivity index (χ4v) is 2.24. The Balaban J connectivity index is 2.07. The molecule has 3 rings (SSSR count). The lowest BCUT2D eigenvalue weighted by molar-refractivity contribution is 0.0690. The number of rotatable bonds is 2. The van der Waals surface area contributed by atoms with Gasteiger partial charge < -0.3 is 9.84 Å². The summed E-state index contributed by atoms with van der Waals surface area (Å²) < 4.78 is 5.67. The van der Waals surface area contributed by atoms with Crippen molar-refractivity contribution in [2.75, 3.05) is 0 Å². The Hall–Kier alpha value is -2.30. The van der Waals surface area contributed by atoms with Crippen LogP contribution in [0.15, 0.2) is 24.3 Å². The second kappa shape index (κ2) is 3.87. The van der Waals surface area contributed by atoms with Crippen molar-refractivity contribution < 1.29 is 14.6 Å². The number of ether oxygens (including phenoxy) is 1. The van der Waals surface area contributed by atoms with E-state index in [0.29, 0.717) is 5.69 Å². The molecule has 0 radical (unpaired) electrons. The first-order chi connectivity index (χ1) is 8.65. The standard InChI is InChI=1S/C13H12N2O3/c1-7-5-9-8(3-2-4-12(9)18-7)10-6-11(13(16)17)15-14-10/h2-4,6-7H,5H2,1H3,(H,14,15)(H,16,17). The molecule has 5 nitrogen and oxygen atoms in total. The minimum Gasteiger partial charge on any atom is -0.490 e. The van der Waals surface area contributed by atoms with Crippen LogP contribution < -0.4 is 4.74 Å². The second-order valence-electron chi connectivity index (χ2n) is 4.39. The summed E-state index contributed by atoms with van der Waals surface area (Å²) >= 11 is 0. The van der Waals surface area contributed by atoms with Crippen LogP contribution in [0.2, 0.25) is 0 Å². The maximum atomic E-state index is 10.8. The summed E-state index contributed by atoms with van der Waals surface area (Å²) in [6, 6.07) is 7.29. The average molecular weight is 244 g/mol. The number of carbonyl (C=O) groups is 1. The lowest BCUT2D eigenvalue weighted by atomic mass is 10.0. The van der Waals surface area contributed by atoms with Crippen molar-refractivity contribution in [3.05, 3.63) is 35.5 Å². The van der Waals surface area contributed by atoms with E-state index in [-0.39, 0.29) is 11.8 Å². The van der Waals surface area contributed by atoms with Crippen molar-refractivity contribution in [2.24, 2.45) is 0 Å². The Morgan fingerprint density at radius 2 is 2.39 bits per heavy atom. The molecule has 2 N–H and O–H groups in total. The van der Waals surface area contributed by atoms with Crippen molar-refractivity contribution in [2.45, 2.75) is 19.4 Å². The number of aromatic amines is 1. The average Bonchev–Trinajstić information content (AvgIpc) is 2.92. The molecule has 1 aliphatic heterocycles. The number of benzene rings is 1. The highest BCUT2D eigenvalue weighted by Gasteiger charge is 2.23. The zero-order valence-electron chi connectivity index (χ0n) is 9.80. The van der Waals surface area contributed by atoms with Crippen molar-refractivity contribution in [1.29, 1.82) is 0 Å². The molecule has 1 aromatic heterocycles. The normalized spacial score (nSPS) is 17.3. The molecule has 0 fully saturated rings. The molecule has 0 amide bonds. The Morgan fingerprint density at radius 3 is 3.11 bits per heavy atom. The molecule has 5 heteroatoms. The highest BCUT2D eigenvalue weighted by atomic mass is 16.5. The maximum absolute atomic E-state index is 10.8. The molecule has 2 aromatic rings. The first kappa shape index (κ1) is 10.8. The van der Waals surface area contributed by atoms with Gasteiger partial charge in [0, 0.05) is 17.5 Å². The van der Waals surface area contributed by atoms with E-state index < -0.39 is 5.97 Å². The van der Waals surface area contributed by atoms with Gasteiger partial charge in [-0.25, -0.2) is 4.79 Å². The molecule has 1 aliphatic rings. The summed E-state index contributed by atoms with van der Waals surface area (Å²) in [5.74, 6) is -0.147. The molecule has 1 unspecified atom stereocenters. The van der Waals surface area contributed by atoms with E-state index in [2.05, 4.69) is 10.2 Å². The fraction of sp³-hybridized carbons (Fsp3) is 0.231. The van der Waals surface area contributed by atoms with Crippen LogP contribution in [-0.4, -0.2) is 27.4 Å². The first-order valence-electron chi connectivity index (χ1n) is 5.73. The minimum absolute atomic E-state index is 0.0922. The SMILES string of the molecule is CC1Cc2c(cccc2-c2cc(C(=O)O)[nH]n2)O1. The van der Waals surface area contributed by atoms with Crippen LogP contribution in [0.1, 0.15) is 23.0 Å². The monoisotopic (exact) mass is 244 g/mol. The molecular formula is C13H12N2O3. The number of nitrogens with zero attached hydrogens (tertiary/aromatic N) is 1. The molecular weight excluding hydrogens is 232 g/mol. The summed E-state index contributed by atoms with van der Waals surface area (Å²) in [7, 11) is 0. The van der Waals surface area contributed by atoms with Gasteiger partial charge >= 0.3 is 5.97 Å². The first-order valence-corrected chi connectivity index (χ1v) is 5.73. The van der Waals surface area contributed by atoms with Crippen LogP contribution >= 0.6 is 0 Å². The van der Waals surface area contributed by atoms with E-state index in [1.807, 2.05) is 25.1 Å². The molecule has 18 heavy (non-hydrogen) atoms. The zero-order chi connectivity index (χ0) is 12.7.